The van der Waals surface area contributed by atoms with Crippen LogP contribution in [0.3, 0.4) is 0 Å². The Labute approximate surface area is 133 Å². The fraction of sp³-hybridized carbons (Fsp3) is 0.294. The van der Waals surface area contributed by atoms with E-state index in [0.717, 1.165) is 11.3 Å². The van der Waals surface area contributed by atoms with Crippen molar-refractivity contribution in [2.45, 2.75) is 20.8 Å². The molecule has 1 N–H and O–H groups in total. The number of allylic oxidation sites excluding steroid dienone is 3. The van der Waals surface area contributed by atoms with Crippen LogP contribution in [0.1, 0.15) is 30.1 Å². The number of nitrogens with zero attached hydrogens (tertiary/aromatic N) is 2. The fourth-order valence-electron chi connectivity index (χ4n) is 2.66. The minimum Gasteiger partial charge on any atom is -0.361 e. The van der Waals surface area contributed by atoms with Gasteiger partial charge in [-0.3, -0.25) is 9.59 Å². The quantitative estimate of drug-likeness (QED) is 0.908. The van der Waals surface area contributed by atoms with Crippen LogP contribution >= 0.6 is 0 Å². The van der Waals surface area contributed by atoms with E-state index in [9.17, 15) is 9.59 Å². The molecular weight excluding hydrogens is 294 g/mol. The topological polar surface area (TPSA) is 84.6 Å². The Morgan fingerprint density at radius 3 is 2.83 bits per heavy atom. The van der Waals surface area contributed by atoms with Gasteiger partial charge in [-0.05, 0) is 30.6 Å². The maximum atomic E-state index is 12.1. The van der Waals surface area contributed by atoms with Crippen molar-refractivity contribution in [2.75, 3.05) is 0 Å². The van der Waals surface area contributed by atoms with Crippen molar-refractivity contribution in [1.82, 2.24) is 10.5 Å². The molecular formula is C17H17N3O3. The van der Waals surface area contributed by atoms with Gasteiger partial charge < -0.3 is 9.84 Å². The SMILES string of the molecule is Cc1cc(C(=O)N=C2C=CC3C(=C2)NC(=O)C=C3C(C)C)no1. The molecule has 1 aromatic rings. The van der Waals surface area contributed by atoms with Crippen molar-refractivity contribution in [1.29, 1.82) is 0 Å². The van der Waals surface area contributed by atoms with Crippen LogP contribution in [0.2, 0.25) is 0 Å². The predicted molar refractivity (Wildman–Crippen MR) is 84.8 cm³/mol. The molecule has 1 aliphatic carbocycles. The van der Waals surface area contributed by atoms with Crippen LogP contribution in [0.5, 0.6) is 0 Å². The zero-order valence-corrected chi connectivity index (χ0v) is 13.2. The van der Waals surface area contributed by atoms with Crippen molar-refractivity contribution in [3.63, 3.8) is 0 Å². The van der Waals surface area contributed by atoms with Crippen molar-refractivity contribution in [3.8, 4) is 0 Å². The third-order valence-corrected chi connectivity index (χ3v) is 3.77. The maximum Gasteiger partial charge on any atom is 0.299 e. The monoisotopic (exact) mass is 311 g/mol. The van der Waals surface area contributed by atoms with Crippen LogP contribution < -0.4 is 5.32 Å². The second kappa shape index (κ2) is 5.79. The summed E-state index contributed by atoms with van der Waals surface area (Å²) in [5, 5.41) is 6.47. The van der Waals surface area contributed by atoms with E-state index in [1.165, 1.54) is 6.07 Å². The van der Waals surface area contributed by atoms with Gasteiger partial charge in [0.2, 0.25) is 5.91 Å². The van der Waals surface area contributed by atoms with Crippen LogP contribution in [0, 0.1) is 18.8 Å². The van der Waals surface area contributed by atoms with Gasteiger partial charge in [0, 0.05) is 23.8 Å². The summed E-state index contributed by atoms with van der Waals surface area (Å²) in [5.74, 6) is 0.216. The molecule has 6 nitrogen and oxygen atoms in total. The van der Waals surface area contributed by atoms with Gasteiger partial charge in [-0.2, -0.15) is 0 Å². The molecule has 2 aliphatic rings. The first-order valence-electron chi connectivity index (χ1n) is 7.42. The highest BCUT2D eigenvalue weighted by Gasteiger charge is 2.28. The number of aryl methyl sites for hydroxylation is 1. The summed E-state index contributed by atoms with van der Waals surface area (Å²) in [6.45, 7) is 5.81. The van der Waals surface area contributed by atoms with Crippen LogP contribution in [0.4, 0.5) is 0 Å². The summed E-state index contributed by atoms with van der Waals surface area (Å²) >= 11 is 0. The first-order valence-corrected chi connectivity index (χ1v) is 7.42. The molecule has 1 atom stereocenters. The van der Waals surface area contributed by atoms with Gasteiger partial charge in [0.1, 0.15) is 5.76 Å². The highest BCUT2D eigenvalue weighted by molar-refractivity contribution is 6.13. The molecule has 0 aromatic carbocycles. The molecule has 2 heterocycles. The number of aromatic nitrogens is 1. The molecule has 0 spiro atoms. The lowest BCUT2D eigenvalue weighted by Crippen LogP contribution is -2.34. The molecule has 0 radical (unpaired) electrons. The van der Waals surface area contributed by atoms with E-state index in [-0.39, 0.29) is 23.4 Å². The minimum atomic E-state index is -0.474. The fourth-order valence-corrected chi connectivity index (χ4v) is 2.66. The minimum absolute atomic E-state index is 0.0241. The first-order chi connectivity index (χ1) is 10.9. The van der Waals surface area contributed by atoms with Crippen LogP contribution in [-0.2, 0) is 4.79 Å². The third-order valence-electron chi connectivity index (χ3n) is 3.77. The lowest BCUT2D eigenvalue weighted by molar-refractivity contribution is -0.116. The Hall–Kier alpha value is -2.76. The lowest BCUT2D eigenvalue weighted by Gasteiger charge is -2.29. The second-order valence-corrected chi connectivity index (χ2v) is 5.89. The Bertz CT molecular complexity index is 794. The van der Waals surface area contributed by atoms with E-state index in [1.54, 1.807) is 25.2 Å². The maximum absolute atomic E-state index is 12.1. The molecule has 1 aromatic heterocycles. The van der Waals surface area contributed by atoms with Crippen molar-refractivity contribution in [2.24, 2.45) is 16.8 Å². The predicted octanol–water partition coefficient (Wildman–Crippen LogP) is 2.35. The van der Waals surface area contributed by atoms with Crippen molar-refractivity contribution in [3.05, 3.63) is 53.1 Å². The average Bonchev–Trinajstić information content (AvgIpc) is 2.92. The number of amides is 2. The van der Waals surface area contributed by atoms with E-state index in [0.29, 0.717) is 11.5 Å². The van der Waals surface area contributed by atoms with E-state index in [2.05, 4.69) is 29.3 Å². The Morgan fingerprint density at radius 1 is 1.39 bits per heavy atom. The molecule has 0 bridgehead atoms. The molecule has 1 unspecified atom stereocenters. The summed E-state index contributed by atoms with van der Waals surface area (Å²) in [6, 6.07) is 1.54. The number of carbonyl (C=O) groups excluding carboxylic acids is 2. The van der Waals surface area contributed by atoms with Crippen molar-refractivity contribution >= 4 is 17.5 Å². The molecule has 0 fully saturated rings. The van der Waals surface area contributed by atoms with E-state index < -0.39 is 5.91 Å². The summed E-state index contributed by atoms with van der Waals surface area (Å²) in [7, 11) is 0. The molecule has 6 heteroatoms. The van der Waals surface area contributed by atoms with E-state index >= 15 is 0 Å². The van der Waals surface area contributed by atoms with Crippen LogP contribution in [-0.4, -0.2) is 22.7 Å². The number of hydrogen-bond acceptors (Lipinski definition) is 4. The second-order valence-electron chi connectivity index (χ2n) is 5.89. The van der Waals surface area contributed by atoms with Gasteiger partial charge in [0.15, 0.2) is 5.69 Å². The Balaban J connectivity index is 1.88. The van der Waals surface area contributed by atoms with Gasteiger partial charge in [-0.1, -0.05) is 25.1 Å². The molecule has 0 saturated heterocycles. The third kappa shape index (κ3) is 3.06. The molecule has 23 heavy (non-hydrogen) atoms. The number of fused-ring (bicyclic) bond motifs is 1. The average molecular weight is 311 g/mol. The zero-order valence-electron chi connectivity index (χ0n) is 13.2. The zero-order chi connectivity index (χ0) is 16.6. The van der Waals surface area contributed by atoms with Gasteiger partial charge in [-0.25, -0.2) is 4.99 Å². The Morgan fingerprint density at radius 2 is 2.17 bits per heavy atom. The molecule has 2 amide bonds. The van der Waals surface area contributed by atoms with E-state index in [4.69, 9.17) is 4.52 Å². The number of carbonyl (C=O) groups is 2. The summed E-state index contributed by atoms with van der Waals surface area (Å²) in [4.78, 5) is 27.9. The van der Waals surface area contributed by atoms with E-state index in [1.807, 2.05) is 6.08 Å². The summed E-state index contributed by atoms with van der Waals surface area (Å²) in [6.07, 6.45) is 7.10. The van der Waals surface area contributed by atoms with Crippen LogP contribution in [0.15, 0.2) is 51.2 Å². The molecule has 3 rings (SSSR count). The molecule has 1 aliphatic heterocycles. The summed E-state index contributed by atoms with van der Waals surface area (Å²) < 4.78 is 4.88. The highest BCUT2D eigenvalue weighted by atomic mass is 16.5. The smallest absolute Gasteiger partial charge is 0.299 e. The first kappa shape index (κ1) is 15.1. The van der Waals surface area contributed by atoms with Crippen LogP contribution in [0.25, 0.3) is 0 Å². The number of aliphatic imine (C=N–C) groups is 1. The highest BCUT2D eigenvalue weighted by Crippen LogP contribution is 2.31. The number of rotatable bonds is 2. The number of hydrogen-bond donors (Lipinski definition) is 1. The summed E-state index contributed by atoms with van der Waals surface area (Å²) in [5.41, 5.74) is 2.44. The lowest BCUT2D eigenvalue weighted by atomic mass is 9.82. The van der Waals surface area contributed by atoms with Gasteiger partial charge in [0.25, 0.3) is 5.91 Å². The standard InChI is InChI=1S/C17H17N3O3/c1-9(2)13-8-16(21)19-14-7-11(4-5-12(13)14)18-17(22)15-6-10(3)23-20-15/h4-9,12H,1-3H3,(H,19,21). The van der Waals surface area contributed by atoms with Crippen molar-refractivity contribution < 1.29 is 14.1 Å². The molecule has 0 saturated carbocycles. The largest absolute Gasteiger partial charge is 0.361 e. The number of nitrogens with one attached hydrogen (secondary N) is 1. The Kier molecular flexibility index (Phi) is 3.82. The van der Waals surface area contributed by atoms with Gasteiger partial charge in [0.05, 0.1) is 5.71 Å². The normalized spacial score (nSPS) is 21.8. The molecule has 118 valence electrons. The van der Waals surface area contributed by atoms with Gasteiger partial charge in [-0.15, -0.1) is 0 Å². The van der Waals surface area contributed by atoms with Gasteiger partial charge >= 0.3 is 0 Å².